The van der Waals surface area contributed by atoms with Crippen LogP contribution in [-0.4, -0.2) is 28.8 Å². The number of carbonyl (C=O) groups is 1. The van der Waals surface area contributed by atoms with Crippen LogP contribution in [0.5, 0.6) is 0 Å². The number of halogens is 6. The molecule has 2 aliphatic carbocycles. The van der Waals surface area contributed by atoms with Crippen molar-refractivity contribution in [3.8, 4) is 11.8 Å². The molecule has 1 unspecified atom stereocenters. The molecule has 0 saturated heterocycles. The smallest absolute Gasteiger partial charge is 0.363 e. The summed E-state index contributed by atoms with van der Waals surface area (Å²) in [4.78, 5) is 12.1. The SMILES string of the molecule is CC(CC#CC(O)(C(F)(F)F)C(F)(F)F)C1=CC[C@H]2C(=O)CCC[C@]12C. The molecule has 0 amide bonds. The molecule has 1 saturated carbocycles. The van der Waals surface area contributed by atoms with Crippen molar-refractivity contribution in [3.63, 3.8) is 0 Å². The Bertz CT molecular complexity index is 650. The van der Waals surface area contributed by atoms with Crippen LogP contribution in [0.2, 0.25) is 0 Å². The van der Waals surface area contributed by atoms with E-state index in [1.54, 1.807) is 6.92 Å². The maximum Gasteiger partial charge on any atom is 0.438 e. The van der Waals surface area contributed by atoms with Crippen molar-refractivity contribution in [2.75, 3.05) is 0 Å². The predicted molar refractivity (Wildman–Crippen MR) is 81.8 cm³/mol. The Morgan fingerprint density at radius 2 is 1.85 bits per heavy atom. The van der Waals surface area contributed by atoms with E-state index in [4.69, 9.17) is 5.11 Å². The van der Waals surface area contributed by atoms with Crippen molar-refractivity contribution in [2.45, 2.75) is 63.9 Å². The Kier molecular flexibility index (Phi) is 5.28. The number of aliphatic hydroxyl groups is 1. The third kappa shape index (κ3) is 3.38. The molecule has 146 valence electrons. The van der Waals surface area contributed by atoms with Crippen molar-refractivity contribution in [1.29, 1.82) is 0 Å². The summed E-state index contributed by atoms with van der Waals surface area (Å²) in [5.41, 5.74) is -4.61. The van der Waals surface area contributed by atoms with Crippen molar-refractivity contribution in [2.24, 2.45) is 17.3 Å². The fourth-order valence-corrected chi connectivity index (χ4v) is 4.06. The zero-order chi connectivity index (χ0) is 20.0. The van der Waals surface area contributed by atoms with Gasteiger partial charge >= 0.3 is 18.0 Å². The molecular weight excluding hydrogens is 362 g/mol. The number of rotatable bonds is 2. The largest absolute Gasteiger partial charge is 0.438 e. The first-order valence-electron chi connectivity index (χ1n) is 8.33. The Morgan fingerprint density at radius 1 is 1.27 bits per heavy atom. The van der Waals surface area contributed by atoms with Gasteiger partial charge in [-0.1, -0.05) is 31.4 Å². The first kappa shape index (κ1) is 20.8. The lowest BCUT2D eigenvalue weighted by molar-refractivity contribution is -0.343. The second kappa shape index (κ2) is 6.59. The standard InChI is InChI=1S/C18H20F6O2/c1-11(5-3-10-16(26,17(19,20)21)18(22,23)24)12-7-8-13-14(25)6-4-9-15(12,13)2/h7,11,13,26H,4-6,8-9H2,1-2H3/t11?,13-,15+/m0/s1. The summed E-state index contributed by atoms with van der Waals surface area (Å²) in [6, 6.07) is 0. The van der Waals surface area contributed by atoms with Gasteiger partial charge in [-0.2, -0.15) is 26.3 Å². The minimum atomic E-state index is -5.94. The highest BCUT2D eigenvalue weighted by Crippen LogP contribution is 2.53. The summed E-state index contributed by atoms with van der Waals surface area (Å²) in [6.07, 6.45) is -7.79. The van der Waals surface area contributed by atoms with E-state index in [2.05, 4.69) is 0 Å². The summed E-state index contributed by atoms with van der Waals surface area (Å²) in [7, 11) is 0. The normalized spacial score (nSPS) is 28.1. The Balaban J connectivity index is 2.18. The Morgan fingerprint density at radius 3 is 2.38 bits per heavy atom. The lowest BCUT2D eigenvalue weighted by Crippen LogP contribution is -2.55. The molecule has 8 heteroatoms. The van der Waals surface area contributed by atoms with Crippen molar-refractivity contribution < 1.29 is 36.2 Å². The van der Waals surface area contributed by atoms with E-state index in [0.717, 1.165) is 17.9 Å². The number of hydrogen-bond acceptors (Lipinski definition) is 2. The van der Waals surface area contributed by atoms with Gasteiger partial charge in [-0.15, -0.1) is 0 Å². The predicted octanol–water partition coefficient (Wildman–Crippen LogP) is 4.58. The Hall–Kier alpha value is -1.49. The highest BCUT2D eigenvalue weighted by atomic mass is 19.4. The molecule has 3 atom stereocenters. The van der Waals surface area contributed by atoms with Crippen LogP contribution in [0.3, 0.4) is 0 Å². The van der Waals surface area contributed by atoms with E-state index in [-0.39, 0.29) is 18.1 Å². The molecular formula is C18H20F6O2. The second-order valence-corrected chi connectivity index (χ2v) is 7.30. The highest BCUT2D eigenvalue weighted by Gasteiger charge is 2.70. The number of Topliss-reactive ketones (excluding diaryl/α,β-unsaturated/α-hetero) is 1. The van der Waals surface area contributed by atoms with Crippen molar-refractivity contribution >= 4 is 5.78 Å². The summed E-state index contributed by atoms with van der Waals surface area (Å²) < 4.78 is 75.8. The maximum absolute atomic E-state index is 12.6. The average Bonchev–Trinajstić information content (AvgIpc) is 2.83. The average molecular weight is 382 g/mol. The van der Waals surface area contributed by atoms with Crippen molar-refractivity contribution in [1.82, 2.24) is 0 Å². The fourth-order valence-electron chi connectivity index (χ4n) is 4.06. The van der Waals surface area contributed by atoms with Crippen LogP contribution in [0, 0.1) is 29.1 Å². The molecule has 2 rings (SSSR count). The molecule has 2 aliphatic rings. The van der Waals surface area contributed by atoms with Crippen LogP contribution in [-0.2, 0) is 4.79 Å². The molecule has 0 heterocycles. The van der Waals surface area contributed by atoms with Crippen LogP contribution in [0.1, 0.15) is 46.0 Å². The van der Waals surface area contributed by atoms with Crippen molar-refractivity contribution in [3.05, 3.63) is 11.6 Å². The minimum absolute atomic E-state index is 0.145. The van der Waals surface area contributed by atoms with Gasteiger partial charge in [-0.25, -0.2) is 0 Å². The van der Waals surface area contributed by atoms with Gasteiger partial charge in [0.15, 0.2) is 0 Å². The first-order valence-corrected chi connectivity index (χ1v) is 8.33. The second-order valence-electron chi connectivity index (χ2n) is 7.30. The number of hydrogen-bond donors (Lipinski definition) is 1. The third-order valence-electron chi connectivity index (χ3n) is 5.54. The first-order chi connectivity index (χ1) is 11.7. The quantitative estimate of drug-likeness (QED) is 0.431. The van der Waals surface area contributed by atoms with Crippen LogP contribution in [0.15, 0.2) is 11.6 Å². The molecule has 1 N–H and O–H groups in total. The van der Waals surface area contributed by atoms with Crippen LogP contribution in [0.4, 0.5) is 26.3 Å². The zero-order valence-corrected chi connectivity index (χ0v) is 14.4. The minimum Gasteiger partial charge on any atom is -0.363 e. The van der Waals surface area contributed by atoms with Gasteiger partial charge in [0.05, 0.1) is 0 Å². The van der Waals surface area contributed by atoms with Gasteiger partial charge < -0.3 is 5.11 Å². The summed E-state index contributed by atoms with van der Waals surface area (Å²) in [5, 5.41) is 9.05. The Labute approximate surface area is 147 Å². The summed E-state index contributed by atoms with van der Waals surface area (Å²) in [6.45, 7) is 3.58. The number of carbonyl (C=O) groups excluding carboxylic acids is 1. The van der Waals surface area contributed by atoms with Crippen LogP contribution in [0.25, 0.3) is 0 Å². The molecule has 2 nitrogen and oxygen atoms in total. The van der Waals surface area contributed by atoms with E-state index >= 15 is 0 Å². The molecule has 0 bridgehead atoms. The van der Waals surface area contributed by atoms with Gasteiger partial charge in [0.2, 0.25) is 0 Å². The molecule has 0 radical (unpaired) electrons. The fraction of sp³-hybridized carbons (Fsp3) is 0.722. The van der Waals surface area contributed by atoms with Crippen LogP contribution >= 0.6 is 0 Å². The highest BCUT2D eigenvalue weighted by molar-refractivity contribution is 5.84. The van der Waals surface area contributed by atoms with Gasteiger partial charge in [0.1, 0.15) is 5.78 Å². The van der Waals surface area contributed by atoms with E-state index in [9.17, 15) is 31.1 Å². The molecule has 1 fully saturated rings. The van der Waals surface area contributed by atoms with Gasteiger partial charge in [-0.05, 0) is 36.5 Å². The lowest BCUT2D eigenvalue weighted by Gasteiger charge is -2.39. The maximum atomic E-state index is 12.6. The van der Waals surface area contributed by atoms with Crippen LogP contribution < -0.4 is 0 Å². The molecule has 26 heavy (non-hydrogen) atoms. The topological polar surface area (TPSA) is 37.3 Å². The number of ketones is 1. The molecule has 0 aliphatic heterocycles. The molecule has 0 aromatic heterocycles. The molecule has 0 aromatic carbocycles. The number of allylic oxidation sites excluding steroid dienone is 2. The van der Waals surface area contributed by atoms with E-state index < -0.39 is 29.3 Å². The molecule has 0 spiro atoms. The van der Waals surface area contributed by atoms with Gasteiger partial charge in [0.25, 0.3) is 0 Å². The van der Waals surface area contributed by atoms with Gasteiger partial charge in [-0.3, -0.25) is 4.79 Å². The monoisotopic (exact) mass is 382 g/mol. The lowest BCUT2D eigenvalue weighted by atomic mass is 9.63. The van der Waals surface area contributed by atoms with Gasteiger partial charge in [0, 0.05) is 18.8 Å². The number of alkyl halides is 6. The van der Waals surface area contributed by atoms with E-state index in [0.29, 0.717) is 19.3 Å². The number of fused-ring (bicyclic) bond motifs is 1. The molecule has 0 aromatic rings. The van der Waals surface area contributed by atoms with E-state index in [1.165, 1.54) is 0 Å². The van der Waals surface area contributed by atoms with E-state index in [1.807, 2.05) is 18.9 Å². The summed E-state index contributed by atoms with van der Waals surface area (Å²) in [5.74, 6) is 2.42. The zero-order valence-electron chi connectivity index (χ0n) is 14.4. The third-order valence-corrected chi connectivity index (χ3v) is 5.54. The summed E-state index contributed by atoms with van der Waals surface area (Å²) >= 11 is 0.